The highest BCUT2D eigenvalue weighted by Crippen LogP contribution is 2.20. The number of benzene rings is 1. The summed E-state index contributed by atoms with van der Waals surface area (Å²) in [5.41, 5.74) is 2.20. The van der Waals surface area contributed by atoms with Crippen LogP contribution in [0.5, 0.6) is 5.75 Å². The van der Waals surface area contributed by atoms with E-state index in [9.17, 15) is 25.2 Å². The van der Waals surface area contributed by atoms with Gasteiger partial charge in [0, 0.05) is 25.2 Å². The lowest BCUT2D eigenvalue weighted by molar-refractivity contribution is -0.129. The van der Waals surface area contributed by atoms with Gasteiger partial charge in [-0.1, -0.05) is 24.3 Å². The molecule has 174 valence electrons. The van der Waals surface area contributed by atoms with Crippen molar-refractivity contribution in [3.05, 3.63) is 58.9 Å². The number of likely N-dealkylation sites (tertiary alicyclic amines) is 1. The van der Waals surface area contributed by atoms with E-state index in [1.165, 1.54) is 12.1 Å². The van der Waals surface area contributed by atoms with Crippen LogP contribution in [-0.2, 0) is 24.2 Å². The molecule has 1 fully saturated rings. The Morgan fingerprint density at radius 3 is 2.72 bits per heavy atom. The van der Waals surface area contributed by atoms with Crippen LogP contribution in [0.25, 0.3) is 0 Å². The Morgan fingerprint density at radius 1 is 1.28 bits per heavy atom. The van der Waals surface area contributed by atoms with Gasteiger partial charge in [-0.05, 0) is 49.9 Å². The summed E-state index contributed by atoms with van der Waals surface area (Å²) in [6.45, 7) is 4.94. The molecule has 8 nitrogen and oxygen atoms in total. The Bertz CT molecular complexity index is 934. The van der Waals surface area contributed by atoms with Crippen molar-refractivity contribution in [1.82, 2.24) is 15.2 Å². The molecule has 0 bridgehead atoms. The van der Waals surface area contributed by atoms with E-state index in [2.05, 4.69) is 10.3 Å². The number of β-amino-alcohol motifs (C(OH)–C–C–N with tert-alkyl or cyclic N) is 2. The molecule has 0 saturated carbocycles. The van der Waals surface area contributed by atoms with Gasteiger partial charge in [-0.15, -0.1) is 0 Å². The molecule has 0 aliphatic carbocycles. The van der Waals surface area contributed by atoms with Gasteiger partial charge in [0.1, 0.15) is 17.5 Å². The normalized spacial score (nSPS) is 17.5. The number of pyridine rings is 1. The molecule has 2 aromatic rings. The monoisotopic (exact) mass is 443 g/mol. The molecule has 0 spiro atoms. The van der Waals surface area contributed by atoms with Gasteiger partial charge in [-0.2, -0.15) is 0 Å². The molecule has 1 aliphatic rings. The third kappa shape index (κ3) is 6.49. The predicted molar refractivity (Wildman–Crippen MR) is 120 cm³/mol. The molecule has 1 saturated heterocycles. The van der Waals surface area contributed by atoms with Crippen LogP contribution < -0.4 is 5.32 Å². The maximum absolute atomic E-state index is 12.5. The molecule has 2 atom stereocenters. The van der Waals surface area contributed by atoms with Gasteiger partial charge in [0.2, 0.25) is 5.91 Å². The molecule has 1 amide bonds. The van der Waals surface area contributed by atoms with Crippen LogP contribution >= 0.6 is 0 Å². The van der Waals surface area contributed by atoms with E-state index >= 15 is 0 Å². The number of carbonyl (C=O) groups excluding carboxylic acids is 1. The maximum atomic E-state index is 12.5. The quantitative estimate of drug-likeness (QED) is 0.392. The van der Waals surface area contributed by atoms with Crippen LogP contribution in [0.3, 0.4) is 0 Å². The molecule has 1 aromatic carbocycles. The molecule has 0 radical (unpaired) electrons. The summed E-state index contributed by atoms with van der Waals surface area (Å²) >= 11 is 0. The van der Waals surface area contributed by atoms with E-state index < -0.39 is 18.8 Å². The van der Waals surface area contributed by atoms with Crippen LogP contribution in [0, 0.1) is 0 Å². The fourth-order valence-electron chi connectivity index (χ4n) is 3.97. The summed E-state index contributed by atoms with van der Waals surface area (Å²) in [7, 11) is 0. The molecule has 5 N–H and O–H groups in total. The van der Waals surface area contributed by atoms with Crippen LogP contribution in [0.1, 0.15) is 48.9 Å². The molecule has 8 heteroatoms. The number of aromatic nitrogens is 1. The van der Waals surface area contributed by atoms with Crippen molar-refractivity contribution in [2.24, 2.45) is 0 Å². The second-order valence-corrected chi connectivity index (χ2v) is 9.10. The summed E-state index contributed by atoms with van der Waals surface area (Å²) in [5, 5.41) is 42.3. The van der Waals surface area contributed by atoms with E-state index in [4.69, 9.17) is 0 Å². The predicted octanol–water partition coefficient (Wildman–Crippen LogP) is 1.06. The Balaban J connectivity index is 1.56. The van der Waals surface area contributed by atoms with Crippen LogP contribution in [0.2, 0.25) is 0 Å². The molecular formula is C24H33N3O5. The van der Waals surface area contributed by atoms with E-state index in [0.29, 0.717) is 38.0 Å². The third-order valence-electron chi connectivity index (χ3n) is 5.75. The summed E-state index contributed by atoms with van der Waals surface area (Å²) in [5.74, 6) is -0.0705. The number of carbonyl (C=O) groups is 1. The number of nitrogens with one attached hydrogen (secondary N) is 1. The molecule has 1 aromatic heterocycles. The van der Waals surface area contributed by atoms with Gasteiger partial charge < -0.3 is 30.6 Å². The standard InChI is InChI=1S/C24H33N3O5/c1-24(2,25-13-22(31)19-6-7-21(30)20(15-28)26-19)12-17-5-3-4-16(10-17)11-23(32)27-9-8-18(29)14-27/h3-7,10,18,22,25,28-31H,8-9,11-15H2,1-2H3/t18-,22?/m1/s1. The van der Waals surface area contributed by atoms with E-state index in [0.717, 1.165) is 11.1 Å². The number of rotatable bonds is 9. The van der Waals surface area contributed by atoms with Crippen molar-refractivity contribution < 1.29 is 25.2 Å². The minimum Gasteiger partial charge on any atom is -0.506 e. The molecule has 1 aliphatic heterocycles. The minimum atomic E-state index is -0.889. The van der Waals surface area contributed by atoms with Crippen molar-refractivity contribution >= 4 is 5.91 Å². The minimum absolute atomic E-state index is 0.0304. The Morgan fingerprint density at radius 2 is 2.03 bits per heavy atom. The molecule has 32 heavy (non-hydrogen) atoms. The third-order valence-corrected chi connectivity index (χ3v) is 5.75. The zero-order valence-corrected chi connectivity index (χ0v) is 18.7. The number of aromatic hydroxyl groups is 1. The van der Waals surface area contributed by atoms with E-state index in [1.807, 2.05) is 38.1 Å². The first-order valence-electron chi connectivity index (χ1n) is 10.9. The van der Waals surface area contributed by atoms with Crippen LogP contribution in [-0.4, -0.2) is 67.5 Å². The van der Waals surface area contributed by atoms with Crippen molar-refractivity contribution in [1.29, 1.82) is 0 Å². The maximum Gasteiger partial charge on any atom is 0.227 e. The van der Waals surface area contributed by atoms with Gasteiger partial charge in [-0.25, -0.2) is 4.98 Å². The average Bonchev–Trinajstić information content (AvgIpc) is 3.19. The first-order valence-corrected chi connectivity index (χ1v) is 10.9. The lowest BCUT2D eigenvalue weighted by Gasteiger charge is -2.28. The van der Waals surface area contributed by atoms with Crippen LogP contribution in [0.15, 0.2) is 36.4 Å². The smallest absolute Gasteiger partial charge is 0.227 e. The van der Waals surface area contributed by atoms with Gasteiger partial charge in [-0.3, -0.25) is 4.79 Å². The van der Waals surface area contributed by atoms with E-state index in [1.54, 1.807) is 4.90 Å². The number of aliphatic hydroxyl groups is 3. The Kier molecular flexibility index (Phi) is 7.84. The van der Waals surface area contributed by atoms with Crippen molar-refractivity contribution in [2.75, 3.05) is 19.6 Å². The summed E-state index contributed by atoms with van der Waals surface area (Å²) in [4.78, 5) is 18.3. The molecule has 2 heterocycles. The number of hydrogen-bond donors (Lipinski definition) is 5. The van der Waals surface area contributed by atoms with Gasteiger partial charge in [0.15, 0.2) is 0 Å². The van der Waals surface area contributed by atoms with Crippen LogP contribution in [0.4, 0.5) is 0 Å². The highest BCUT2D eigenvalue weighted by Gasteiger charge is 2.25. The van der Waals surface area contributed by atoms with Gasteiger partial charge in [0.05, 0.1) is 24.8 Å². The van der Waals surface area contributed by atoms with Gasteiger partial charge in [0.25, 0.3) is 0 Å². The van der Waals surface area contributed by atoms with Gasteiger partial charge >= 0.3 is 0 Å². The highest BCUT2D eigenvalue weighted by atomic mass is 16.3. The summed E-state index contributed by atoms with van der Waals surface area (Å²) in [6.07, 6.45) is 0.333. The topological polar surface area (TPSA) is 126 Å². The van der Waals surface area contributed by atoms with Crippen molar-refractivity contribution in [3.63, 3.8) is 0 Å². The summed E-state index contributed by atoms with van der Waals surface area (Å²) < 4.78 is 0. The number of hydrogen-bond acceptors (Lipinski definition) is 7. The molecule has 1 unspecified atom stereocenters. The SMILES string of the molecule is CC(C)(Cc1cccc(CC(=O)N2CC[C@@H](O)C2)c1)NCC(O)c1ccc(O)c(CO)n1. The fraction of sp³-hybridized carbons (Fsp3) is 0.500. The Hall–Kier alpha value is -2.52. The molecule has 3 rings (SSSR count). The largest absolute Gasteiger partial charge is 0.506 e. The first kappa shape index (κ1) is 24.1. The Labute approximate surface area is 188 Å². The second kappa shape index (κ2) is 10.4. The highest BCUT2D eigenvalue weighted by molar-refractivity contribution is 5.79. The van der Waals surface area contributed by atoms with E-state index in [-0.39, 0.29) is 29.4 Å². The lowest BCUT2D eigenvalue weighted by atomic mass is 9.93. The summed E-state index contributed by atoms with van der Waals surface area (Å²) in [6, 6.07) is 10.9. The second-order valence-electron chi connectivity index (χ2n) is 9.10. The fourth-order valence-corrected chi connectivity index (χ4v) is 3.97. The lowest BCUT2D eigenvalue weighted by Crippen LogP contribution is -2.43. The number of aliphatic hydroxyl groups excluding tert-OH is 3. The first-order chi connectivity index (χ1) is 15.2. The zero-order chi connectivity index (χ0) is 23.3. The van der Waals surface area contributed by atoms with Crippen molar-refractivity contribution in [3.8, 4) is 5.75 Å². The number of amides is 1. The molecular weight excluding hydrogens is 410 g/mol. The average molecular weight is 444 g/mol. The van der Waals surface area contributed by atoms with Crippen molar-refractivity contribution in [2.45, 2.75) is 57.5 Å². The zero-order valence-electron chi connectivity index (χ0n) is 18.7. The number of nitrogens with zero attached hydrogens (tertiary/aromatic N) is 2.